The van der Waals surface area contributed by atoms with Crippen molar-refractivity contribution in [2.24, 2.45) is 0 Å². The Balaban J connectivity index is 3.55. The van der Waals surface area contributed by atoms with Gasteiger partial charge in [0.2, 0.25) is 0 Å². The molecular weight excluding hydrogens is 263 g/mol. The highest BCUT2D eigenvalue weighted by atomic mass is 19.4. The summed E-state index contributed by atoms with van der Waals surface area (Å²) in [5, 5.41) is 8.48. The number of carboxylic acids is 1. The van der Waals surface area contributed by atoms with Gasteiger partial charge in [-0.15, -0.1) is 0 Å². The lowest BCUT2D eigenvalue weighted by molar-refractivity contribution is -0.141. The van der Waals surface area contributed by atoms with Gasteiger partial charge in [0.15, 0.2) is 0 Å². The number of carboxylic acid groups (broad SMARTS) is 1. The van der Waals surface area contributed by atoms with E-state index >= 15 is 0 Å². The van der Waals surface area contributed by atoms with Crippen molar-refractivity contribution in [2.75, 3.05) is 5.73 Å². The molecule has 18 heavy (non-hydrogen) atoms. The molecule has 3 N–H and O–H groups in total. The molecule has 0 fully saturated rings. The van der Waals surface area contributed by atoms with Gasteiger partial charge in [0, 0.05) is 5.56 Å². The van der Waals surface area contributed by atoms with Crippen LogP contribution in [0.5, 0.6) is 0 Å². The summed E-state index contributed by atoms with van der Waals surface area (Å²) in [5.41, 5.74) is 0.375. The minimum Gasteiger partial charge on any atom is -0.481 e. The Morgan fingerprint density at radius 3 is 2.39 bits per heavy atom. The molecule has 0 saturated heterocycles. The third-order valence-electron chi connectivity index (χ3n) is 2.07. The number of hydrogen-bond acceptors (Lipinski definition) is 3. The van der Waals surface area contributed by atoms with Crippen LogP contribution in [0, 0.1) is 0 Å². The minimum atomic E-state index is -5.15. The van der Waals surface area contributed by atoms with E-state index in [1.807, 2.05) is 0 Å². The minimum absolute atomic E-state index is 0.589. The number of anilines is 1. The van der Waals surface area contributed by atoms with E-state index in [1.54, 1.807) is 0 Å². The highest BCUT2D eigenvalue weighted by Gasteiger charge is 2.40. The third kappa shape index (κ3) is 2.84. The number of pyridine rings is 1. The van der Waals surface area contributed by atoms with Gasteiger partial charge in [-0.1, -0.05) is 0 Å². The summed E-state index contributed by atoms with van der Waals surface area (Å²) in [4.78, 5) is 13.4. The zero-order chi connectivity index (χ0) is 14.1. The van der Waals surface area contributed by atoms with Crippen molar-refractivity contribution in [2.45, 2.75) is 19.0 Å². The Labute approximate surface area is 97.2 Å². The highest BCUT2D eigenvalue weighted by molar-refractivity contribution is 5.74. The number of nitrogens with zero attached hydrogens (tertiary/aromatic N) is 1. The first-order valence-corrected chi connectivity index (χ1v) is 4.49. The lowest BCUT2D eigenvalue weighted by Gasteiger charge is -2.17. The van der Waals surface area contributed by atoms with Gasteiger partial charge < -0.3 is 10.8 Å². The monoisotopic (exact) mass is 270 g/mol. The molecule has 0 aromatic carbocycles. The number of alkyl halides is 5. The van der Waals surface area contributed by atoms with E-state index < -0.39 is 47.5 Å². The first kappa shape index (κ1) is 14.1. The van der Waals surface area contributed by atoms with Crippen LogP contribution in [-0.2, 0) is 17.4 Å². The van der Waals surface area contributed by atoms with Gasteiger partial charge in [-0.05, 0) is 0 Å². The third-order valence-corrected chi connectivity index (χ3v) is 2.07. The fraction of sp³-hybridized carbons (Fsp3) is 0.333. The van der Waals surface area contributed by atoms with E-state index in [0.717, 1.165) is 0 Å². The number of aliphatic carboxylic acids is 1. The van der Waals surface area contributed by atoms with Crippen LogP contribution in [0.15, 0.2) is 6.20 Å². The normalized spacial score (nSPS) is 11.9. The van der Waals surface area contributed by atoms with E-state index in [0.29, 0.717) is 6.20 Å². The quantitative estimate of drug-likeness (QED) is 0.826. The molecule has 0 aliphatic heterocycles. The number of rotatable bonds is 3. The van der Waals surface area contributed by atoms with Crippen LogP contribution in [0.2, 0.25) is 0 Å². The predicted molar refractivity (Wildman–Crippen MR) is 49.9 cm³/mol. The summed E-state index contributed by atoms with van der Waals surface area (Å²) in [6.07, 6.45) is -9.15. The summed E-state index contributed by atoms with van der Waals surface area (Å²) in [7, 11) is 0. The number of hydrogen-bond donors (Lipinski definition) is 2. The van der Waals surface area contributed by atoms with Crippen LogP contribution >= 0.6 is 0 Å². The maximum Gasteiger partial charge on any atom is 0.418 e. The lowest BCUT2D eigenvalue weighted by Crippen LogP contribution is -2.18. The molecule has 0 spiro atoms. The van der Waals surface area contributed by atoms with Crippen molar-refractivity contribution in [3.63, 3.8) is 0 Å². The maximum absolute atomic E-state index is 12.7. The van der Waals surface area contributed by atoms with Crippen molar-refractivity contribution in [3.8, 4) is 0 Å². The standard InChI is InChI=1S/C9H7F5N2O2/c10-8(11)7-6(9(12,13)14)3(1-5(17)18)4(15)2-16-7/h2,8H,1,15H2,(H,17,18). The summed E-state index contributed by atoms with van der Waals surface area (Å²) in [5.74, 6) is -1.61. The van der Waals surface area contributed by atoms with E-state index in [2.05, 4.69) is 4.98 Å². The number of aromatic nitrogens is 1. The summed E-state index contributed by atoms with van der Waals surface area (Å²) >= 11 is 0. The van der Waals surface area contributed by atoms with E-state index in [-0.39, 0.29) is 0 Å². The molecule has 1 rings (SSSR count). The SMILES string of the molecule is Nc1cnc(C(F)F)c(C(F)(F)F)c1CC(=O)O. The van der Waals surface area contributed by atoms with Crippen molar-refractivity contribution < 1.29 is 31.9 Å². The maximum atomic E-state index is 12.7. The Hall–Kier alpha value is -1.93. The van der Waals surface area contributed by atoms with Crippen molar-refractivity contribution in [1.29, 1.82) is 0 Å². The number of nitrogen functional groups attached to an aromatic ring is 1. The van der Waals surface area contributed by atoms with Gasteiger partial charge in [0.05, 0.1) is 23.9 Å². The van der Waals surface area contributed by atoms with Gasteiger partial charge in [-0.25, -0.2) is 8.78 Å². The molecule has 1 aromatic rings. The molecule has 0 unspecified atom stereocenters. The zero-order valence-electron chi connectivity index (χ0n) is 8.63. The van der Waals surface area contributed by atoms with Gasteiger partial charge in [0.25, 0.3) is 6.43 Å². The van der Waals surface area contributed by atoms with Crippen molar-refractivity contribution >= 4 is 11.7 Å². The van der Waals surface area contributed by atoms with Gasteiger partial charge in [0.1, 0.15) is 5.69 Å². The average Bonchev–Trinajstić information content (AvgIpc) is 2.17. The van der Waals surface area contributed by atoms with Crippen LogP contribution in [0.4, 0.5) is 27.6 Å². The fourth-order valence-electron chi connectivity index (χ4n) is 1.40. The molecular formula is C9H7F5N2O2. The van der Waals surface area contributed by atoms with Crippen molar-refractivity contribution in [1.82, 2.24) is 4.98 Å². The van der Waals surface area contributed by atoms with Gasteiger partial charge in [-0.3, -0.25) is 9.78 Å². The second-order valence-corrected chi connectivity index (χ2v) is 3.32. The lowest BCUT2D eigenvalue weighted by atomic mass is 10.0. The number of carbonyl (C=O) groups is 1. The Morgan fingerprint density at radius 2 is 2.00 bits per heavy atom. The Kier molecular flexibility index (Phi) is 3.73. The molecule has 0 bridgehead atoms. The highest BCUT2D eigenvalue weighted by Crippen LogP contribution is 2.39. The topological polar surface area (TPSA) is 76.2 Å². The molecule has 1 heterocycles. The van der Waals surface area contributed by atoms with E-state index in [9.17, 15) is 26.7 Å². The molecule has 0 aliphatic carbocycles. The largest absolute Gasteiger partial charge is 0.481 e. The molecule has 0 saturated carbocycles. The molecule has 100 valence electrons. The molecule has 1 aromatic heterocycles. The van der Waals surface area contributed by atoms with Crippen molar-refractivity contribution in [3.05, 3.63) is 23.0 Å². The molecule has 0 radical (unpaired) electrons. The van der Waals surface area contributed by atoms with Crippen LogP contribution in [0.3, 0.4) is 0 Å². The molecule has 0 amide bonds. The zero-order valence-corrected chi connectivity index (χ0v) is 8.63. The molecule has 4 nitrogen and oxygen atoms in total. The molecule has 9 heteroatoms. The second kappa shape index (κ2) is 4.75. The summed E-state index contributed by atoms with van der Waals surface area (Å²) < 4.78 is 62.9. The average molecular weight is 270 g/mol. The van der Waals surface area contributed by atoms with Crippen LogP contribution < -0.4 is 5.73 Å². The summed E-state index contributed by atoms with van der Waals surface area (Å²) in [6.45, 7) is 0. The van der Waals surface area contributed by atoms with Crippen LogP contribution in [-0.4, -0.2) is 16.1 Å². The predicted octanol–water partition coefficient (Wildman–Crippen LogP) is 2.25. The fourth-order valence-corrected chi connectivity index (χ4v) is 1.40. The van der Waals surface area contributed by atoms with E-state index in [1.165, 1.54) is 0 Å². The number of halogens is 5. The van der Waals surface area contributed by atoms with Gasteiger partial charge in [-0.2, -0.15) is 13.2 Å². The summed E-state index contributed by atoms with van der Waals surface area (Å²) in [6, 6.07) is 0. The van der Waals surface area contributed by atoms with Gasteiger partial charge >= 0.3 is 12.1 Å². The smallest absolute Gasteiger partial charge is 0.418 e. The van der Waals surface area contributed by atoms with Crippen LogP contribution in [0.1, 0.15) is 23.2 Å². The Morgan fingerprint density at radius 1 is 1.44 bits per heavy atom. The van der Waals surface area contributed by atoms with Crippen LogP contribution in [0.25, 0.3) is 0 Å². The molecule has 0 aliphatic rings. The first-order valence-electron chi connectivity index (χ1n) is 4.49. The van der Waals surface area contributed by atoms with E-state index in [4.69, 9.17) is 10.8 Å². The molecule has 0 atom stereocenters. The Bertz CT molecular complexity index is 473. The number of nitrogens with two attached hydrogens (primary N) is 1. The first-order chi connectivity index (χ1) is 8.14. The second-order valence-electron chi connectivity index (χ2n) is 3.32.